The average Bonchev–Trinajstić information content (AvgIpc) is 1.69. The minimum absolute atomic E-state index is 0. The summed E-state index contributed by atoms with van der Waals surface area (Å²) < 4.78 is 0. The summed E-state index contributed by atoms with van der Waals surface area (Å²) in [4.78, 5) is 3.88. The van der Waals surface area contributed by atoms with Crippen LogP contribution in [0.5, 0.6) is 0 Å². The van der Waals surface area contributed by atoms with Crippen LogP contribution < -0.4 is 0 Å². The van der Waals surface area contributed by atoms with E-state index in [1.165, 1.54) is 5.56 Å². The number of rotatable bonds is 0. The van der Waals surface area contributed by atoms with Crippen molar-refractivity contribution in [3.05, 3.63) is 30.1 Å². The molecule has 1 aromatic heterocycles. The highest BCUT2D eigenvalue weighted by atomic mass is 79.9. The number of pyridine rings is 1. The van der Waals surface area contributed by atoms with Crippen LogP contribution >= 0.6 is 34.0 Å². The molecule has 0 aliphatic rings. The van der Waals surface area contributed by atoms with Gasteiger partial charge in [-0.2, -0.15) is 0 Å². The van der Waals surface area contributed by atoms with Gasteiger partial charge in [0, 0.05) is 12.4 Å². The molecule has 0 bridgehead atoms. The van der Waals surface area contributed by atoms with Crippen molar-refractivity contribution < 1.29 is 0 Å². The van der Waals surface area contributed by atoms with Gasteiger partial charge in [0.25, 0.3) is 0 Å². The lowest BCUT2D eigenvalue weighted by Crippen LogP contribution is -1.69. The van der Waals surface area contributed by atoms with E-state index in [-0.39, 0.29) is 34.0 Å². The number of aromatic nitrogens is 1. The van der Waals surface area contributed by atoms with Gasteiger partial charge < -0.3 is 0 Å². The van der Waals surface area contributed by atoms with Crippen LogP contribution in [0.2, 0.25) is 0 Å². The largest absolute Gasteiger partial charge is 0.264 e. The summed E-state index contributed by atoms with van der Waals surface area (Å²) in [5.41, 5.74) is 1.21. The van der Waals surface area contributed by atoms with Gasteiger partial charge in [-0.05, 0) is 18.6 Å². The lowest BCUT2D eigenvalue weighted by atomic mass is 10.3. The highest BCUT2D eigenvalue weighted by molar-refractivity contribution is 8.93. The van der Waals surface area contributed by atoms with Gasteiger partial charge in [0.15, 0.2) is 0 Å². The predicted molar refractivity (Wildman–Crippen MR) is 49.6 cm³/mol. The summed E-state index contributed by atoms with van der Waals surface area (Å²) in [5, 5.41) is 0. The van der Waals surface area contributed by atoms with Gasteiger partial charge in [-0.25, -0.2) is 0 Å². The lowest BCUT2D eigenvalue weighted by Gasteiger charge is -1.82. The Kier molecular flexibility index (Phi) is 8.21. The zero-order valence-electron chi connectivity index (χ0n) is 5.07. The highest BCUT2D eigenvalue weighted by Crippen LogP contribution is 1.88. The van der Waals surface area contributed by atoms with Gasteiger partial charge in [0.2, 0.25) is 0 Å². The van der Waals surface area contributed by atoms with E-state index in [1.807, 2.05) is 25.3 Å². The van der Waals surface area contributed by atoms with Crippen LogP contribution in [0.15, 0.2) is 24.5 Å². The molecule has 3 heteroatoms. The van der Waals surface area contributed by atoms with E-state index < -0.39 is 0 Å². The summed E-state index contributed by atoms with van der Waals surface area (Å²) in [7, 11) is 0. The standard InChI is InChI=1S/C6H7N.2BrH/c1-6-3-2-4-7-5-6;;/h2-5H,1H3;2*1H. The maximum absolute atomic E-state index is 3.88. The molecular formula is C6H9Br2N. The maximum atomic E-state index is 3.88. The first-order chi connectivity index (χ1) is 3.39. The molecule has 0 radical (unpaired) electrons. The number of hydrogen-bond acceptors (Lipinski definition) is 1. The number of aryl methyl sites for hydroxylation is 1. The zero-order chi connectivity index (χ0) is 5.11. The van der Waals surface area contributed by atoms with Gasteiger partial charge in [-0.15, -0.1) is 34.0 Å². The number of hydrogen-bond donors (Lipinski definition) is 0. The van der Waals surface area contributed by atoms with Crippen LogP contribution in [0.1, 0.15) is 5.56 Å². The smallest absolute Gasteiger partial charge is 0.0297 e. The summed E-state index contributed by atoms with van der Waals surface area (Å²) in [5.74, 6) is 0. The average molecular weight is 255 g/mol. The van der Waals surface area contributed by atoms with E-state index in [4.69, 9.17) is 0 Å². The van der Waals surface area contributed by atoms with Gasteiger partial charge >= 0.3 is 0 Å². The molecule has 52 valence electrons. The van der Waals surface area contributed by atoms with Crippen LogP contribution in [-0.2, 0) is 0 Å². The van der Waals surface area contributed by atoms with Crippen molar-refractivity contribution in [2.45, 2.75) is 6.92 Å². The van der Waals surface area contributed by atoms with Crippen LogP contribution in [0.25, 0.3) is 0 Å². The van der Waals surface area contributed by atoms with E-state index in [1.54, 1.807) is 6.20 Å². The number of nitrogens with zero attached hydrogens (tertiary/aromatic N) is 1. The monoisotopic (exact) mass is 253 g/mol. The van der Waals surface area contributed by atoms with Crippen molar-refractivity contribution >= 4 is 34.0 Å². The molecule has 0 saturated heterocycles. The molecule has 0 saturated carbocycles. The summed E-state index contributed by atoms with van der Waals surface area (Å²) in [6, 6.07) is 3.95. The lowest BCUT2D eigenvalue weighted by molar-refractivity contribution is 1.27. The second kappa shape index (κ2) is 6.23. The fourth-order valence-corrected chi connectivity index (χ4v) is 0.448. The van der Waals surface area contributed by atoms with Crippen LogP contribution in [-0.4, -0.2) is 4.98 Å². The van der Waals surface area contributed by atoms with Crippen molar-refractivity contribution in [2.24, 2.45) is 0 Å². The van der Waals surface area contributed by atoms with Crippen LogP contribution in [0.4, 0.5) is 0 Å². The summed E-state index contributed by atoms with van der Waals surface area (Å²) >= 11 is 0. The molecule has 0 fully saturated rings. The molecular weight excluding hydrogens is 246 g/mol. The van der Waals surface area contributed by atoms with Gasteiger partial charge in [-0.3, -0.25) is 4.98 Å². The fraction of sp³-hybridized carbons (Fsp3) is 0.167. The van der Waals surface area contributed by atoms with E-state index in [9.17, 15) is 0 Å². The Balaban J connectivity index is 0. The first-order valence-corrected chi connectivity index (χ1v) is 2.26. The topological polar surface area (TPSA) is 12.9 Å². The van der Waals surface area contributed by atoms with E-state index in [0.29, 0.717) is 0 Å². The molecule has 1 nitrogen and oxygen atoms in total. The Bertz CT molecular complexity index is 141. The predicted octanol–water partition coefficient (Wildman–Crippen LogP) is 2.55. The molecule has 0 amide bonds. The van der Waals surface area contributed by atoms with Crippen molar-refractivity contribution in [2.75, 3.05) is 0 Å². The minimum Gasteiger partial charge on any atom is -0.264 e. The van der Waals surface area contributed by atoms with Crippen molar-refractivity contribution in [1.29, 1.82) is 0 Å². The second-order valence-corrected chi connectivity index (χ2v) is 1.53. The Morgan fingerprint density at radius 3 is 2.22 bits per heavy atom. The molecule has 0 aliphatic carbocycles. The Hall–Kier alpha value is 0.110. The van der Waals surface area contributed by atoms with Gasteiger partial charge in [0.05, 0.1) is 0 Å². The van der Waals surface area contributed by atoms with Crippen LogP contribution in [0.3, 0.4) is 0 Å². The quantitative estimate of drug-likeness (QED) is 0.694. The minimum atomic E-state index is 0. The van der Waals surface area contributed by atoms with Gasteiger partial charge in [-0.1, -0.05) is 6.07 Å². The molecule has 0 unspecified atom stereocenters. The Morgan fingerprint density at radius 1 is 1.33 bits per heavy atom. The van der Waals surface area contributed by atoms with Gasteiger partial charge in [0.1, 0.15) is 0 Å². The molecule has 0 spiro atoms. The third-order valence-electron chi connectivity index (χ3n) is 0.809. The molecule has 9 heavy (non-hydrogen) atoms. The van der Waals surface area contributed by atoms with Crippen LogP contribution in [0, 0.1) is 6.92 Å². The van der Waals surface area contributed by atoms with E-state index in [2.05, 4.69) is 4.98 Å². The highest BCUT2D eigenvalue weighted by Gasteiger charge is 1.73. The summed E-state index contributed by atoms with van der Waals surface area (Å²) in [6.07, 6.45) is 3.60. The Labute approximate surface area is 76.0 Å². The molecule has 1 heterocycles. The number of halogens is 2. The van der Waals surface area contributed by atoms with Crippen molar-refractivity contribution in [1.82, 2.24) is 4.98 Å². The third-order valence-corrected chi connectivity index (χ3v) is 0.809. The van der Waals surface area contributed by atoms with E-state index >= 15 is 0 Å². The second-order valence-electron chi connectivity index (χ2n) is 1.53. The Morgan fingerprint density at radius 2 is 2.00 bits per heavy atom. The third kappa shape index (κ3) is 4.60. The zero-order valence-corrected chi connectivity index (χ0v) is 8.50. The van der Waals surface area contributed by atoms with Crippen molar-refractivity contribution in [3.8, 4) is 0 Å². The van der Waals surface area contributed by atoms with E-state index in [0.717, 1.165) is 0 Å². The molecule has 0 aromatic carbocycles. The molecule has 1 rings (SSSR count). The summed E-state index contributed by atoms with van der Waals surface area (Å²) in [6.45, 7) is 2.02. The molecule has 0 aliphatic heterocycles. The molecule has 1 aromatic rings. The maximum Gasteiger partial charge on any atom is 0.0297 e. The SMILES string of the molecule is Br.Br.Cc1cccnc1. The molecule has 0 N–H and O–H groups in total. The normalized spacial score (nSPS) is 6.78. The molecule has 0 atom stereocenters. The first-order valence-electron chi connectivity index (χ1n) is 2.26. The van der Waals surface area contributed by atoms with Crippen molar-refractivity contribution in [3.63, 3.8) is 0 Å². The fourth-order valence-electron chi connectivity index (χ4n) is 0.448. The first kappa shape index (κ1) is 11.9.